The van der Waals surface area contributed by atoms with Crippen molar-refractivity contribution in [2.24, 2.45) is 5.41 Å². The maximum atomic E-state index is 11.9. The summed E-state index contributed by atoms with van der Waals surface area (Å²) < 4.78 is 0. The van der Waals surface area contributed by atoms with E-state index in [0.717, 1.165) is 31.4 Å². The predicted molar refractivity (Wildman–Crippen MR) is 95.7 cm³/mol. The van der Waals surface area contributed by atoms with Crippen LogP contribution in [0.5, 0.6) is 0 Å². The lowest BCUT2D eigenvalue weighted by atomic mass is 9.83. The van der Waals surface area contributed by atoms with Crippen molar-refractivity contribution in [1.29, 1.82) is 0 Å². The smallest absolute Gasteiger partial charge is 0.253 e. The zero-order chi connectivity index (χ0) is 16.6. The van der Waals surface area contributed by atoms with Gasteiger partial charge < -0.3 is 10.6 Å². The fraction of sp³-hybridized carbons (Fsp3) is 0.579. The zero-order valence-electron chi connectivity index (χ0n) is 14.3. The predicted octanol–water partition coefficient (Wildman–Crippen LogP) is 3.70. The zero-order valence-corrected chi connectivity index (χ0v) is 14.3. The minimum Gasteiger partial charge on any atom is -0.377 e. The van der Waals surface area contributed by atoms with E-state index in [1.54, 1.807) is 0 Å². The average molecular weight is 314 g/mol. The van der Waals surface area contributed by atoms with Gasteiger partial charge in [-0.2, -0.15) is 0 Å². The second kappa shape index (κ2) is 5.99. The highest BCUT2D eigenvalue weighted by molar-refractivity contribution is 5.76. The summed E-state index contributed by atoms with van der Waals surface area (Å²) in [5.74, 6) is 0. The minimum absolute atomic E-state index is 0.0894. The Kier molecular flexibility index (Phi) is 4.17. The van der Waals surface area contributed by atoms with Crippen molar-refractivity contribution < 1.29 is 0 Å². The van der Waals surface area contributed by atoms with Crippen molar-refractivity contribution in [3.8, 4) is 0 Å². The van der Waals surface area contributed by atoms with Gasteiger partial charge in [0.2, 0.25) is 0 Å². The highest BCUT2D eigenvalue weighted by atomic mass is 16.2. The molecule has 0 heterocycles. The normalized spacial score (nSPS) is 19.6. The molecule has 1 saturated carbocycles. The summed E-state index contributed by atoms with van der Waals surface area (Å²) in [7, 11) is 0. The Morgan fingerprint density at radius 3 is 2.35 bits per heavy atom. The van der Waals surface area contributed by atoms with E-state index in [9.17, 15) is 9.59 Å². The van der Waals surface area contributed by atoms with Crippen LogP contribution in [0.15, 0.2) is 33.0 Å². The first-order chi connectivity index (χ1) is 10.9. The molecule has 2 aliphatic rings. The maximum Gasteiger partial charge on any atom is 0.253 e. The Balaban J connectivity index is 1.77. The molecule has 0 spiro atoms. The largest absolute Gasteiger partial charge is 0.377 e. The van der Waals surface area contributed by atoms with Gasteiger partial charge in [0.15, 0.2) is 0 Å². The van der Waals surface area contributed by atoms with Gasteiger partial charge in [-0.1, -0.05) is 39.7 Å². The van der Waals surface area contributed by atoms with Gasteiger partial charge in [0.05, 0.1) is 0 Å². The van der Waals surface area contributed by atoms with Crippen LogP contribution < -0.4 is 21.5 Å². The first kappa shape index (κ1) is 16.0. The van der Waals surface area contributed by atoms with Crippen molar-refractivity contribution in [2.75, 3.05) is 10.6 Å². The second-order valence-electron chi connectivity index (χ2n) is 7.78. The van der Waals surface area contributed by atoms with Gasteiger partial charge in [-0.3, -0.25) is 9.59 Å². The molecular weight excluding hydrogens is 288 g/mol. The van der Waals surface area contributed by atoms with E-state index in [-0.39, 0.29) is 10.8 Å². The molecule has 0 atom stereocenters. The third kappa shape index (κ3) is 3.26. The third-order valence-corrected chi connectivity index (χ3v) is 4.87. The molecule has 4 heteroatoms. The van der Waals surface area contributed by atoms with Crippen molar-refractivity contribution in [2.45, 2.75) is 65.3 Å². The Hall–Kier alpha value is -1.84. The maximum absolute atomic E-state index is 11.9. The van der Waals surface area contributed by atoms with E-state index in [1.807, 2.05) is 0 Å². The van der Waals surface area contributed by atoms with Crippen LogP contribution >= 0.6 is 0 Å². The summed E-state index contributed by atoms with van der Waals surface area (Å²) >= 11 is 0. The number of allylic oxidation sites excluding steroid dienone is 4. The molecule has 124 valence electrons. The highest BCUT2D eigenvalue weighted by Gasteiger charge is 2.26. The molecular formula is C19H26N2O2. The first-order valence-electron chi connectivity index (χ1n) is 8.64. The van der Waals surface area contributed by atoms with Crippen LogP contribution in [0.1, 0.15) is 59.3 Å². The summed E-state index contributed by atoms with van der Waals surface area (Å²) in [5.41, 5.74) is 2.58. The Morgan fingerprint density at radius 2 is 1.70 bits per heavy atom. The second-order valence-corrected chi connectivity index (χ2v) is 7.78. The first-order valence-corrected chi connectivity index (χ1v) is 8.64. The molecule has 0 unspecified atom stereocenters. The molecule has 0 radical (unpaired) electrons. The molecule has 1 aromatic carbocycles. The van der Waals surface area contributed by atoms with Gasteiger partial charge in [0.1, 0.15) is 11.4 Å². The van der Waals surface area contributed by atoms with E-state index >= 15 is 0 Å². The molecule has 0 bridgehead atoms. The van der Waals surface area contributed by atoms with Crippen LogP contribution in [0.4, 0.5) is 11.4 Å². The number of hydrogen-bond donors (Lipinski definition) is 2. The molecule has 0 saturated heterocycles. The van der Waals surface area contributed by atoms with Crippen LogP contribution in [0.3, 0.4) is 0 Å². The quantitative estimate of drug-likeness (QED) is 0.832. The number of anilines is 2. The number of rotatable bonds is 4. The topological polar surface area (TPSA) is 58.2 Å². The van der Waals surface area contributed by atoms with Crippen LogP contribution in [0.2, 0.25) is 0 Å². The molecule has 1 fully saturated rings. The fourth-order valence-electron chi connectivity index (χ4n) is 3.41. The molecule has 0 aromatic heterocycles. The Bertz CT molecular complexity index is 721. The minimum atomic E-state index is -0.391. The van der Waals surface area contributed by atoms with E-state index in [0.29, 0.717) is 17.4 Å². The molecule has 0 amide bonds. The Labute approximate surface area is 137 Å². The van der Waals surface area contributed by atoms with Gasteiger partial charge in [0.25, 0.3) is 10.9 Å². The molecule has 2 N–H and O–H groups in total. The van der Waals surface area contributed by atoms with Crippen LogP contribution in [-0.4, -0.2) is 6.04 Å². The lowest BCUT2D eigenvalue weighted by Gasteiger charge is -2.26. The number of hydrogen-bond acceptors (Lipinski definition) is 4. The molecule has 3 rings (SSSR count). The summed E-state index contributed by atoms with van der Waals surface area (Å²) in [6.07, 6.45) is 10.8. The molecule has 4 nitrogen and oxygen atoms in total. The van der Waals surface area contributed by atoms with Crippen LogP contribution in [-0.2, 0) is 0 Å². The standard InChI is InChI=1S/C19H26N2O2/c1-19(2,3)12-7-6-10-14(11-12)21-16-15(17(22)18(16)23)20-13-8-4-5-9-13/h7,11,13,20-21H,4-6,8-10H2,1-3H3. The van der Waals surface area contributed by atoms with Crippen LogP contribution in [0, 0.1) is 5.41 Å². The third-order valence-electron chi connectivity index (χ3n) is 4.87. The highest BCUT2D eigenvalue weighted by Crippen LogP contribution is 2.32. The monoisotopic (exact) mass is 314 g/mol. The molecule has 23 heavy (non-hydrogen) atoms. The Morgan fingerprint density at radius 1 is 1.04 bits per heavy atom. The lowest BCUT2D eigenvalue weighted by Crippen LogP contribution is -2.39. The molecule has 1 aromatic rings. The van der Waals surface area contributed by atoms with Crippen LogP contribution in [0.25, 0.3) is 0 Å². The summed E-state index contributed by atoms with van der Waals surface area (Å²) in [6, 6.07) is 0.337. The lowest BCUT2D eigenvalue weighted by molar-refractivity contribution is 0.511. The van der Waals surface area contributed by atoms with Gasteiger partial charge >= 0.3 is 0 Å². The van der Waals surface area contributed by atoms with Crippen molar-refractivity contribution in [1.82, 2.24) is 0 Å². The number of nitrogens with one attached hydrogen (secondary N) is 2. The van der Waals surface area contributed by atoms with Gasteiger partial charge in [-0.25, -0.2) is 0 Å². The van der Waals surface area contributed by atoms with Crippen molar-refractivity contribution in [3.63, 3.8) is 0 Å². The van der Waals surface area contributed by atoms with Gasteiger partial charge in [-0.15, -0.1) is 0 Å². The fourth-order valence-corrected chi connectivity index (χ4v) is 3.41. The van der Waals surface area contributed by atoms with Crippen molar-refractivity contribution >= 4 is 11.4 Å². The molecule has 2 aliphatic carbocycles. The van der Waals surface area contributed by atoms with E-state index in [2.05, 4.69) is 43.6 Å². The summed E-state index contributed by atoms with van der Waals surface area (Å²) in [5, 5.41) is 6.51. The van der Waals surface area contributed by atoms with E-state index < -0.39 is 5.43 Å². The van der Waals surface area contributed by atoms with Gasteiger partial charge in [-0.05, 0) is 42.7 Å². The molecule has 0 aliphatic heterocycles. The van der Waals surface area contributed by atoms with Gasteiger partial charge in [0, 0.05) is 11.7 Å². The average Bonchev–Trinajstić information content (AvgIpc) is 3.03. The SMILES string of the molecule is CC(C)(C)C1=CCCC(Nc2c(NC3CCCC3)c(=O)c2=O)=C1. The van der Waals surface area contributed by atoms with E-state index in [1.165, 1.54) is 18.4 Å². The van der Waals surface area contributed by atoms with E-state index in [4.69, 9.17) is 0 Å². The summed E-state index contributed by atoms with van der Waals surface area (Å²) in [4.78, 5) is 23.8. The summed E-state index contributed by atoms with van der Waals surface area (Å²) in [6.45, 7) is 6.55. The van der Waals surface area contributed by atoms with Crippen molar-refractivity contribution in [3.05, 3.63) is 43.9 Å².